The first-order valence-electron chi connectivity index (χ1n) is 9.54. The molecule has 5 nitrogen and oxygen atoms in total. The Morgan fingerprint density at radius 1 is 1.27 bits per heavy atom. The van der Waals surface area contributed by atoms with Crippen molar-refractivity contribution in [3.05, 3.63) is 36.0 Å². The summed E-state index contributed by atoms with van der Waals surface area (Å²) >= 11 is 0. The molecule has 144 valence electrons. The van der Waals surface area contributed by atoms with Gasteiger partial charge >= 0.3 is 0 Å². The van der Waals surface area contributed by atoms with Gasteiger partial charge in [-0.05, 0) is 43.9 Å². The fraction of sp³-hybridized carbons (Fsp3) is 0.550. The van der Waals surface area contributed by atoms with Crippen molar-refractivity contribution in [3.8, 4) is 0 Å². The number of rotatable bonds is 6. The van der Waals surface area contributed by atoms with E-state index in [1.54, 1.807) is 0 Å². The lowest BCUT2D eigenvalue weighted by Gasteiger charge is -2.32. The zero-order chi connectivity index (χ0) is 17.5. The largest absolute Gasteiger partial charge is 0.361 e. The fourth-order valence-corrected chi connectivity index (χ4v) is 3.66. The predicted molar refractivity (Wildman–Crippen MR) is 122 cm³/mol. The lowest BCUT2D eigenvalue weighted by molar-refractivity contribution is 0.206. The Morgan fingerprint density at radius 2 is 2.04 bits per heavy atom. The van der Waals surface area contributed by atoms with E-state index in [4.69, 9.17) is 0 Å². The summed E-state index contributed by atoms with van der Waals surface area (Å²) in [7, 11) is 1.85. The first-order valence-corrected chi connectivity index (χ1v) is 9.54. The normalized spacial score (nSPS) is 16.5. The molecular formula is C20H32IN5. The van der Waals surface area contributed by atoms with Gasteiger partial charge in [0, 0.05) is 49.8 Å². The number of guanidine groups is 1. The highest BCUT2D eigenvalue weighted by Gasteiger charge is 2.19. The predicted octanol–water partition coefficient (Wildman–Crippen LogP) is 3.37. The molecule has 0 bridgehead atoms. The van der Waals surface area contributed by atoms with Crippen LogP contribution in [0, 0.1) is 0 Å². The molecule has 0 unspecified atom stereocenters. The van der Waals surface area contributed by atoms with E-state index < -0.39 is 0 Å². The van der Waals surface area contributed by atoms with Crippen LogP contribution in [0.5, 0.6) is 0 Å². The number of nitrogens with one attached hydrogen (secondary N) is 3. The van der Waals surface area contributed by atoms with Gasteiger partial charge in [0.1, 0.15) is 0 Å². The highest BCUT2D eigenvalue weighted by atomic mass is 127. The molecule has 26 heavy (non-hydrogen) atoms. The van der Waals surface area contributed by atoms with E-state index in [1.165, 1.54) is 55.4 Å². The third kappa shape index (κ3) is 5.61. The lowest BCUT2D eigenvalue weighted by atomic mass is 10.1. The maximum atomic E-state index is 4.39. The van der Waals surface area contributed by atoms with Crippen molar-refractivity contribution in [2.75, 3.05) is 33.2 Å². The Hall–Kier alpha value is -1.28. The molecule has 0 spiro atoms. The van der Waals surface area contributed by atoms with Crippen LogP contribution in [0.1, 0.15) is 31.7 Å². The number of aliphatic imine (C=N–C) groups is 1. The third-order valence-corrected chi connectivity index (χ3v) is 5.05. The second kappa shape index (κ2) is 10.8. The molecule has 0 aliphatic carbocycles. The molecule has 0 saturated carbocycles. The number of para-hydroxylation sites is 1. The number of aromatic nitrogens is 1. The molecule has 2 aromatic rings. The second-order valence-corrected chi connectivity index (χ2v) is 6.87. The van der Waals surface area contributed by atoms with Gasteiger partial charge in [-0.15, -0.1) is 24.0 Å². The molecule has 6 heteroatoms. The quantitative estimate of drug-likeness (QED) is 0.346. The first kappa shape index (κ1) is 21.0. The summed E-state index contributed by atoms with van der Waals surface area (Å²) in [5, 5.41) is 8.37. The van der Waals surface area contributed by atoms with E-state index in [2.05, 4.69) is 62.9 Å². The number of hydrogen-bond donors (Lipinski definition) is 3. The van der Waals surface area contributed by atoms with Gasteiger partial charge in [-0.1, -0.05) is 25.1 Å². The summed E-state index contributed by atoms with van der Waals surface area (Å²) in [5.74, 6) is 0.925. The van der Waals surface area contributed by atoms with Crippen molar-refractivity contribution in [3.63, 3.8) is 0 Å². The standard InChI is InChI=1S/C20H31N5.HI/c1-3-12-25-13-9-17(10-14-25)24-20(21-2)22-11-8-16-15-23-19-7-5-4-6-18(16)19;/h4-7,15,17,23H,3,8-14H2,1-2H3,(H2,21,22,24);1H. The number of nitrogens with zero attached hydrogens (tertiary/aromatic N) is 2. The Labute approximate surface area is 174 Å². The minimum absolute atomic E-state index is 0. The molecule has 1 fully saturated rings. The van der Waals surface area contributed by atoms with E-state index in [-0.39, 0.29) is 24.0 Å². The topological polar surface area (TPSA) is 55.4 Å². The minimum Gasteiger partial charge on any atom is -0.361 e. The Balaban J connectivity index is 0.00000243. The van der Waals surface area contributed by atoms with Gasteiger partial charge in [-0.3, -0.25) is 4.99 Å². The van der Waals surface area contributed by atoms with E-state index in [0.717, 1.165) is 18.9 Å². The van der Waals surface area contributed by atoms with Gasteiger partial charge in [0.15, 0.2) is 5.96 Å². The number of hydrogen-bond acceptors (Lipinski definition) is 2. The van der Waals surface area contributed by atoms with Crippen molar-refractivity contribution in [1.29, 1.82) is 0 Å². The highest BCUT2D eigenvalue weighted by molar-refractivity contribution is 14.0. The molecule has 0 radical (unpaired) electrons. The van der Waals surface area contributed by atoms with Crippen LogP contribution in [0.15, 0.2) is 35.5 Å². The average molecular weight is 469 g/mol. The van der Waals surface area contributed by atoms with Crippen LogP contribution in [0.3, 0.4) is 0 Å². The number of halogens is 1. The average Bonchev–Trinajstić information content (AvgIpc) is 3.06. The van der Waals surface area contributed by atoms with Crippen molar-refractivity contribution in [1.82, 2.24) is 20.5 Å². The molecule has 1 aromatic heterocycles. The number of H-pyrrole nitrogens is 1. The number of likely N-dealkylation sites (tertiary alicyclic amines) is 1. The van der Waals surface area contributed by atoms with Gasteiger partial charge in [-0.25, -0.2) is 0 Å². The van der Waals surface area contributed by atoms with Crippen LogP contribution in [-0.4, -0.2) is 55.1 Å². The minimum atomic E-state index is 0. The molecule has 3 N–H and O–H groups in total. The fourth-order valence-electron chi connectivity index (χ4n) is 3.66. The van der Waals surface area contributed by atoms with Crippen LogP contribution in [0.25, 0.3) is 10.9 Å². The van der Waals surface area contributed by atoms with Crippen molar-refractivity contribution < 1.29 is 0 Å². The van der Waals surface area contributed by atoms with Crippen LogP contribution in [0.4, 0.5) is 0 Å². The van der Waals surface area contributed by atoms with E-state index in [9.17, 15) is 0 Å². The molecule has 0 amide bonds. The molecule has 1 aliphatic heterocycles. The first-order chi connectivity index (χ1) is 12.3. The molecule has 1 aliphatic rings. The number of aromatic amines is 1. The van der Waals surface area contributed by atoms with Gasteiger partial charge in [0.05, 0.1) is 0 Å². The zero-order valence-corrected chi connectivity index (χ0v) is 18.3. The number of piperidine rings is 1. The summed E-state index contributed by atoms with van der Waals surface area (Å²) in [6, 6.07) is 9.00. The maximum Gasteiger partial charge on any atom is 0.191 e. The Bertz CT molecular complexity index is 688. The molecule has 2 heterocycles. The third-order valence-electron chi connectivity index (χ3n) is 5.05. The zero-order valence-electron chi connectivity index (χ0n) is 15.9. The summed E-state index contributed by atoms with van der Waals surface area (Å²) in [5.41, 5.74) is 2.56. The van der Waals surface area contributed by atoms with Crippen LogP contribution >= 0.6 is 24.0 Å². The molecule has 0 atom stereocenters. The van der Waals surface area contributed by atoms with Crippen molar-refractivity contribution in [2.45, 2.75) is 38.6 Å². The van der Waals surface area contributed by atoms with E-state index in [0.29, 0.717) is 6.04 Å². The van der Waals surface area contributed by atoms with E-state index in [1.807, 2.05) is 7.05 Å². The van der Waals surface area contributed by atoms with Crippen LogP contribution in [0.2, 0.25) is 0 Å². The molecule has 1 aromatic carbocycles. The van der Waals surface area contributed by atoms with Crippen molar-refractivity contribution in [2.24, 2.45) is 4.99 Å². The Kier molecular flexibility index (Phi) is 8.71. The Morgan fingerprint density at radius 3 is 2.77 bits per heavy atom. The SMILES string of the molecule is CCCN1CCC(NC(=NC)NCCc2c[nH]c3ccccc23)CC1.I. The smallest absolute Gasteiger partial charge is 0.191 e. The molecule has 1 saturated heterocycles. The monoisotopic (exact) mass is 469 g/mol. The second-order valence-electron chi connectivity index (χ2n) is 6.87. The summed E-state index contributed by atoms with van der Waals surface area (Å²) in [6.45, 7) is 6.75. The summed E-state index contributed by atoms with van der Waals surface area (Å²) in [6.07, 6.45) is 6.74. The summed E-state index contributed by atoms with van der Waals surface area (Å²) in [4.78, 5) is 10.3. The van der Waals surface area contributed by atoms with E-state index >= 15 is 0 Å². The molecule has 3 rings (SSSR count). The van der Waals surface area contributed by atoms with Gasteiger partial charge < -0.3 is 20.5 Å². The summed E-state index contributed by atoms with van der Waals surface area (Å²) < 4.78 is 0. The highest BCUT2D eigenvalue weighted by Crippen LogP contribution is 2.17. The number of benzene rings is 1. The lowest BCUT2D eigenvalue weighted by Crippen LogP contribution is -2.49. The molecular weight excluding hydrogens is 437 g/mol. The van der Waals surface area contributed by atoms with Crippen molar-refractivity contribution >= 4 is 40.8 Å². The maximum absolute atomic E-state index is 4.39. The van der Waals surface area contributed by atoms with Crippen LogP contribution in [-0.2, 0) is 6.42 Å². The van der Waals surface area contributed by atoms with Crippen LogP contribution < -0.4 is 10.6 Å². The van der Waals surface area contributed by atoms with Gasteiger partial charge in [-0.2, -0.15) is 0 Å². The number of fused-ring (bicyclic) bond motifs is 1. The van der Waals surface area contributed by atoms with Gasteiger partial charge in [0.2, 0.25) is 0 Å². The van der Waals surface area contributed by atoms with Gasteiger partial charge in [0.25, 0.3) is 0 Å².